The number of carbonyl (C=O) groups is 1. The standard InChI is InChI=1S/C20H22F3N3O3/c1-28-10-9-25-17-3-2-4-18-16(17)11-15(29-19(24)27)12-26(18)14-7-5-13(6-8-14)20(21,22)23/h2-8,15,25H,9-12H2,1H3,(H2,24,27). The highest BCUT2D eigenvalue weighted by Gasteiger charge is 2.32. The molecule has 1 aliphatic heterocycles. The molecule has 0 aliphatic carbocycles. The molecule has 3 N–H and O–H groups in total. The van der Waals surface area contributed by atoms with Crippen molar-refractivity contribution in [2.75, 3.05) is 37.0 Å². The Morgan fingerprint density at radius 3 is 2.59 bits per heavy atom. The average molecular weight is 409 g/mol. The molecule has 1 amide bonds. The highest BCUT2D eigenvalue weighted by atomic mass is 19.4. The second kappa shape index (κ2) is 8.60. The first-order valence-electron chi connectivity index (χ1n) is 9.05. The van der Waals surface area contributed by atoms with E-state index in [0.29, 0.717) is 25.3 Å². The van der Waals surface area contributed by atoms with Crippen LogP contribution >= 0.6 is 0 Å². The lowest BCUT2D eigenvalue weighted by Gasteiger charge is -2.36. The smallest absolute Gasteiger partial charge is 0.416 e. The second-order valence-corrected chi connectivity index (χ2v) is 6.64. The van der Waals surface area contributed by atoms with Gasteiger partial charge in [-0.25, -0.2) is 4.79 Å². The molecule has 0 saturated heterocycles. The van der Waals surface area contributed by atoms with Gasteiger partial charge in [-0.2, -0.15) is 13.2 Å². The maximum Gasteiger partial charge on any atom is 0.416 e. The summed E-state index contributed by atoms with van der Waals surface area (Å²) in [6.07, 6.45) is -5.40. The first-order valence-corrected chi connectivity index (χ1v) is 9.05. The van der Waals surface area contributed by atoms with Crippen molar-refractivity contribution < 1.29 is 27.4 Å². The number of nitrogens with one attached hydrogen (secondary N) is 1. The van der Waals surface area contributed by atoms with Gasteiger partial charge in [-0.05, 0) is 36.4 Å². The topological polar surface area (TPSA) is 76.8 Å². The molecule has 0 saturated carbocycles. The number of rotatable bonds is 6. The predicted octanol–water partition coefficient (Wildman–Crippen LogP) is 3.92. The van der Waals surface area contributed by atoms with E-state index in [1.165, 1.54) is 12.1 Å². The van der Waals surface area contributed by atoms with Crippen LogP contribution in [0.1, 0.15) is 11.1 Å². The van der Waals surface area contributed by atoms with Crippen LogP contribution in [0.4, 0.5) is 35.0 Å². The van der Waals surface area contributed by atoms with Crippen molar-refractivity contribution in [1.82, 2.24) is 0 Å². The summed E-state index contributed by atoms with van der Waals surface area (Å²) in [5.41, 5.74) is 7.59. The van der Waals surface area contributed by atoms with E-state index in [2.05, 4.69) is 5.32 Å². The van der Waals surface area contributed by atoms with Crippen LogP contribution in [-0.2, 0) is 22.1 Å². The van der Waals surface area contributed by atoms with E-state index in [1.807, 2.05) is 23.1 Å². The number of nitrogens with zero attached hydrogens (tertiary/aromatic N) is 1. The van der Waals surface area contributed by atoms with Crippen molar-refractivity contribution in [3.8, 4) is 0 Å². The van der Waals surface area contributed by atoms with E-state index in [0.717, 1.165) is 29.1 Å². The van der Waals surface area contributed by atoms with Gasteiger partial charge in [-0.1, -0.05) is 6.07 Å². The Morgan fingerprint density at radius 2 is 1.97 bits per heavy atom. The van der Waals surface area contributed by atoms with Crippen molar-refractivity contribution in [3.63, 3.8) is 0 Å². The monoisotopic (exact) mass is 409 g/mol. The molecule has 156 valence electrons. The van der Waals surface area contributed by atoms with Crippen molar-refractivity contribution in [2.45, 2.75) is 18.7 Å². The summed E-state index contributed by atoms with van der Waals surface area (Å²) in [4.78, 5) is 13.1. The molecule has 3 rings (SSSR count). The van der Waals surface area contributed by atoms with E-state index >= 15 is 0 Å². The Labute approximate surface area is 166 Å². The van der Waals surface area contributed by atoms with Gasteiger partial charge in [0.1, 0.15) is 6.10 Å². The van der Waals surface area contributed by atoms with Gasteiger partial charge in [0.25, 0.3) is 0 Å². The summed E-state index contributed by atoms with van der Waals surface area (Å²) < 4.78 is 49.0. The highest BCUT2D eigenvalue weighted by Crippen LogP contribution is 2.39. The number of hydrogen-bond donors (Lipinski definition) is 2. The van der Waals surface area contributed by atoms with Gasteiger partial charge in [0.15, 0.2) is 0 Å². The summed E-state index contributed by atoms with van der Waals surface area (Å²) in [5, 5.41) is 3.28. The molecular weight excluding hydrogens is 387 g/mol. The maximum absolute atomic E-state index is 12.9. The minimum Gasteiger partial charge on any atom is -0.444 e. The summed E-state index contributed by atoms with van der Waals surface area (Å²) >= 11 is 0. The highest BCUT2D eigenvalue weighted by molar-refractivity contribution is 5.75. The van der Waals surface area contributed by atoms with E-state index in [9.17, 15) is 18.0 Å². The molecule has 1 heterocycles. The SMILES string of the molecule is COCCNc1cccc2c1CC(OC(N)=O)CN2c1ccc(C(F)(F)F)cc1. The number of benzene rings is 2. The number of amides is 1. The van der Waals surface area contributed by atoms with E-state index in [-0.39, 0.29) is 6.54 Å². The molecule has 0 radical (unpaired) electrons. The number of nitrogens with two attached hydrogens (primary N) is 1. The van der Waals surface area contributed by atoms with E-state index < -0.39 is 23.9 Å². The van der Waals surface area contributed by atoms with Gasteiger partial charge in [-0.15, -0.1) is 0 Å². The van der Waals surface area contributed by atoms with Gasteiger partial charge in [0, 0.05) is 42.7 Å². The van der Waals surface area contributed by atoms with Gasteiger partial charge >= 0.3 is 12.3 Å². The van der Waals surface area contributed by atoms with Crippen LogP contribution in [0.2, 0.25) is 0 Å². The Balaban J connectivity index is 1.96. The van der Waals surface area contributed by atoms with E-state index in [4.69, 9.17) is 15.2 Å². The van der Waals surface area contributed by atoms with Crippen LogP contribution in [0.15, 0.2) is 42.5 Å². The molecule has 0 bridgehead atoms. The third-order valence-electron chi connectivity index (χ3n) is 4.67. The van der Waals surface area contributed by atoms with Crippen molar-refractivity contribution in [1.29, 1.82) is 0 Å². The fourth-order valence-corrected chi connectivity index (χ4v) is 3.41. The number of methoxy groups -OCH3 is 1. The number of hydrogen-bond acceptors (Lipinski definition) is 5. The van der Waals surface area contributed by atoms with Crippen molar-refractivity contribution in [3.05, 3.63) is 53.6 Å². The zero-order chi connectivity index (χ0) is 21.0. The zero-order valence-electron chi connectivity index (χ0n) is 15.8. The average Bonchev–Trinajstić information content (AvgIpc) is 2.67. The first-order chi connectivity index (χ1) is 13.8. The minimum atomic E-state index is -4.41. The van der Waals surface area contributed by atoms with Gasteiger partial charge in [0.2, 0.25) is 0 Å². The van der Waals surface area contributed by atoms with Crippen LogP contribution < -0.4 is 16.0 Å². The van der Waals surface area contributed by atoms with Gasteiger partial charge < -0.3 is 25.4 Å². The largest absolute Gasteiger partial charge is 0.444 e. The van der Waals surface area contributed by atoms with Crippen molar-refractivity contribution >= 4 is 23.2 Å². The summed E-state index contributed by atoms with van der Waals surface area (Å²) in [6.45, 7) is 1.37. The second-order valence-electron chi connectivity index (χ2n) is 6.64. The van der Waals surface area contributed by atoms with Crippen LogP contribution in [0, 0.1) is 0 Å². The number of fused-ring (bicyclic) bond motifs is 1. The molecule has 6 nitrogen and oxygen atoms in total. The number of primary amides is 1. The Kier molecular flexibility index (Phi) is 6.17. The first kappa shape index (κ1) is 20.8. The Morgan fingerprint density at radius 1 is 1.24 bits per heavy atom. The molecule has 2 aromatic rings. The third kappa shape index (κ3) is 4.92. The molecule has 0 spiro atoms. The Hall–Kier alpha value is -2.94. The van der Waals surface area contributed by atoms with Crippen LogP contribution in [0.5, 0.6) is 0 Å². The number of anilines is 3. The fourth-order valence-electron chi connectivity index (χ4n) is 3.41. The molecule has 2 aromatic carbocycles. The molecule has 9 heteroatoms. The lowest BCUT2D eigenvalue weighted by molar-refractivity contribution is -0.137. The van der Waals surface area contributed by atoms with Crippen LogP contribution in [0.25, 0.3) is 0 Å². The molecule has 1 unspecified atom stereocenters. The van der Waals surface area contributed by atoms with E-state index in [1.54, 1.807) is 7.11 Å². The number of ether oxygens (including phenoxy) is 2. The van der Waals surface area contributed by atoms with Crippen LogP contribution in [0.3, 0.4) is 0 Å². The Bertz CT molecular complexity index is 856. The number of halogens is 3. The zero-order valence-corrected chi connectivity index (χ0v) is 15.8. The van der Waals surface area contributed by atoms with Gasteiger partial charge in [0.05, 0.1) is 18.7 Å². The molecule has 1 aliphatic rings. The lowest BCUT2D eigenvalue weighted by Crippen LogP contribution is -2.39. The number of carbonyl (C=O) groups excluding carboxylic acids is 1. The molecule has 1 atom stereocenters. The summed E-state index contributed by atoms with van der Waals surface area (Å²) in [5.74, 6) is 0. The number of alkyl halides is 3. The maximum atomic E-state index is 12.9. The molecule has 0 aromatic heterocycles. The van der Waals surface area contributed by atoms with Crippen LogP contribution in [-0.4, -0.2) is 39.0 Å². The summed E-state index contributed by atoms with van der Waals surface area (Å²) in [6, 6.07) is 10.5. The molecular formula is C20H22F3N3O3. The van der Waals surface area contributed by atoms with Crippen molar-refractivity contribution in [2.24, 2.45) is 5.73 Å². The van der Waals surface area contributed by atoms with Gasteiger partial charge in [-0.3, -0.25) is 0 Å². The quantitative estimate of drug-likeness (QED) is 0.708. The third-order valence-corrected chi connectivity index (χ3v) is 4.67. The molecule has 29 heavy (non-hydrogen) atoms. The lowest BCUT2D eigenvalue weighted by atomic mass is 9.96. The predicted molar refractivity (Wildman–Crippen MR) is 103 cm³/mol. The normalized spacial score (nSPS) is 16.3. The molecule has 0 fully saturated rings. The minimum absolute atomic E-state index is 0.281. The fraction of sp³-hybridized carbons (Fsp3) is 0.350. The summed E-state index contributed by atoms with van der Waals surface area (Å²) in [7, 11) is 1.60.